The quantitative estimate of drug-likeness (QED) is 0.488. The lowest BCUT2D eigenvalue weighted by Crippen LogP contribution is -2.55. The molecular weight excluding hydrogens is 340 g/mol. The minimum Gasteiger partial charge on any atom is -0.392 e. The van der Waals surface area contributed by atoms with Crippen LogP contribution in [0, 0.1) is 46.3 Å². The molecule has 0 aromatic rings. The van der Waals surface area contributed by atoms with Gasteiger partial charge in [-0.15, -0.1) is 0 Å². The van der Waals surface area contributed by atoms with Gasteiger partial charge in [-0.05, 0) is 97.7 Å². The Bertz CT molecular complexity index is 591. The Morgan fingerprint density at radius 3 is 2.57 bits per heavy atom. The second kappa shape index (κ2) is 7.75. The van der Waals surface area contributed by atoms with Gasteiger partial charge in [0.1, 0.15) is 0 Å². The molecular formula is C27H46O. The van der Waals surface area contributed by atoms with Crippen LogP contribution in [0.5, 0.6) is 0 Å². The van der Waals surface area contributed by atoms with Crippen molar-refractivity contribution in [2.24, 2.45) is 46.3 Å². The van der Waals surface area contributed by atoms with E-state index in [-0.39, 0.29) is 6.10 Å². The molecule has 1 N–H and O–H groups in total. The summed E-state index contributed by atoms with van der Waals surface area (Å²) in [4.78, 5) is 0. The summed E-state index contributed by atoms with van der Waals surface area (Å²) in [6.45, 7) is 12.5. The summed E-state index contributed by atoms with van der Waals surface area (Å²) in [5, 5.41) is 11.3. The molecule has 3 fully saturated rings. The predicted molar refractivity (Wildman–Crippen MR) is 119 cm³/mol. The van der Waals surface area contributed by atoms with Crippen molar-refractivity contribution >= 4 is 0 Å². The number of aliphatic hydroxyl groups excluding tert-OH is 1. The molecule has 160 valence electrons. The lowest BCUT2D eigenvalue weighted by molar-refractivity contribution is -0.112. The molecule has 1 heteroatoms. The standard InChI is InChI=1S/C27H46O/c1-18(2)9-8-10-19(3)21-12-13-22-25-23(14-16-27(21,22)5)26(4)15-7-6-11-20(26)17-24(25)28/h11,18-19,21-25,28H,6-10,12-17H2,1-5H3/t19-,21-,22+,23+,24-,25+,26+,27-/m1/s1. The highest BCUT2D eigenvalue weighted by Gasteiger charge is 2.61. The number of hydrogen-bond donors (Lipinski definition) is 1. The van der Waals surface area contributed by atoms with Crippen LogP contribution in [0.15, 0.2) is 11.6 Å². The van der Waals surface area contributed by atoms with Gasteiger partial charge in [0.25, 0.3) is 0 Å². The summed E-state index contributed by atoms with van der Waals surface area (Å²) in [5.41, 5.74) is 2.49. The molecule has 28 heavy (non-hydrogen) atoms. The van der Waals surface area contributed by atoms with E-state index in [1.165, 1.54) is 64.2 Å². The Balaban J connectivity index is 1.52. The van der Waals surface area contributed by atoms with E-state index in [2.05, 4.69) is 40.7 Å². The van der Waals surface area contributed by atoms with E-state index in [1.807, 2.05) is 0 Å². The number of allylic oxidation sites excluding steroid dienone is 1. The van der Waals surface area contributed by atoms with Gasteiger partial charge in [0, 0.05) is 0 Å². The molecule has 8 atom stereocenters. The predicted octanol–water partition coefficient (Wildman–Crippen LogP) is 7.39. The van der Waals surface area contributed by atoms with Crippen molar-refractivity contribution in [1.29, 1.82) is 0 Å². The van der Waals surface area contributed by atoms with Gasteiger partial charge in [0.15, 0.2) is 0 Å². The van der Waals surface area contributed by atoms with E-state index >= 15 is 0 Å². The Kier molecular flexibility index (Phi) is 5.80. The van der Waals surface area contributed by atoms with E-state index in [1.54, 1.807) is 5.57 Å². The first-order valence-corrected chi connectivity index (χ1v) is 12.6. The molecule has 4 aliphatic carbocycles. The van der Waals surface area contributed by atoms with Gasteiger partial charge in [-0.3, -0.25) is 0 Å². The summed E-state index contributed by atoms with van der Waals surface area (Å²) >= 11 is 0. The second-order valence-corrected chi connectivity index (χ2v) is 12.1. The lowest BCUT2D eigenvalue weighted by atomic mass is 9.46. The maximum Gasteiger partial charge on any atom is 0.0611 e. The van der Waals surface area contributed by atoms with Crippen LogP contribution < -0.4 is 0 Å². The van der Waals surface area contributed by atoms with Crippen molar-refractivity contribution in [2.45, 2.75) is 111 Å². The van der Waals surface area contributed by atoms with Crippen LogP contribution in [0.2, 0.25) is 0 Å². The Morgan fingerprint density at radius 1 is 1.04 bits per heavy atom. The number of rotatable bonds is 5. The Hall–Kier alpha value is -0.300. The summed E-state index contributed by atoms with van der Waals surface area (Å²) in [5.74, 6) is 4.63. The summed E-state index contributed by atoms with van der Waals surface area (Å²) < 4.78 is 0. The third kappa shape index (κ3) is 3.32. The minimum absolute atomic E-state index is 0.0814. The third-order valence-corrected chi connectivity index (χ3v) is 10.3. The molecule has 0 unspecified atom stereocenters. The average Bonchev–Trinajstić information content (AvgIpc) is 2.99. The van der Waals surface area contributed by atoms with E-state index in [0.29, 0.717) is 16.7 Å². The summed E-state index contributed by atoms with van der Waals surface area (Å²) in [6, 6.07) is 0. The first kappa shape index (κ1) is 21.0. The lowest BCUT2D eigenvalue weighted by Gasteiger charge is -2.60. The molecule has 0 heterocycles. The molecule has 0 saturated heterocycles. The van der Waals surface area contributed by atoms with E-state index in [9.17, 15) is 5.11 Å². The molecule has 0 spiro atoms. The summed E-state index contributed by atoms with van der Waals surface area (Å²) in [7, 11) is 0. The SMILES string of the molecule is CC(C)CCC[C@@H](C)[C@H]1CC[C@H]2[C@@H]3[C@H](O)CC4=CCCC[C@]4(C)[C@H]3CC[C@]12C. The van der Waals surface area contributed by atoms with Crippen LogP contribution in [0.3, 0.4) is 0 Å². The first-order chi connectivity index (χ1) is 13.3. The molecule has 4 aliphatic rings. The topological polar surface area (TPSA) is 20.2 Å². The van der Waals surface area contributed by atoms with Crippen molar-refractivity contribution in [3.05, 3.63) is 11.6 Å². The molecule has 4 rings (SSSR count). The van der Waals surface area contributed by atoms with Gasteiger partial charge in [0.2, 0.25) is 0 Å². The zero-order chi connectivity index (χ0) is 20.1. The Morgan fingerprint density at radius 2 is 1.82 bits per heavy atom. The maximum atomic E-state index is 11.3. The van der Waals surface area contributed by atoms with Crippen LogP contribution in [0.1, 0.15) is 105 Å². The van der Waals surface area contributed by atoms with Gasteiger partial charge in [-0.25, -0.2) is 0 Å². The molecule has 0 aliphatic heterocycles. The monoisotopic (exact) mass is 386 g/mol. The fraction of sp³-hybridized carbons (Fsp3) is 0.926. The average molecular weight is 387 g/mol. The van der Waals surface area contributed by atoms with Crippen LogP contribution in [0.4, 0.5) is 0 Å². The van der Waals surface area contributed by atoms with Crippen molar-refractivity contribution in [3.8, 4) is 0 Å². The van der Waals surface area contributed by atoms with Gasteiger partial charge < -0.3 is 5.11 Å². The van der Waals surface area contributed by atoms with Crippen LogP contribution in [-0.2, 0) is 0 Å². The zero-order valence-electron chi connectivity index (χ0n) is 19.3. The molecule has 0 radical (unpaired) electrons. The fourth-order valence-corrected chi connectivity index (χ4v) is 8.74. The van der Waals surface area contributed by atoms with Crippen molar-refractivity contribution in [3.63, 3.8) is 0 Å². The van der Waals surface area contributed by atoms with Crippen LogP contribution in [0.25, 0.3) is 0 Å². The molecule has 1 nitrogen and oxygen atoms in total. The number of fused-ring (bicyclic) bond motifs is 5. The largest absolute Gasteiger partial charge is 0.392 e. The highest BCUT2D eigenvalue weighted by molar-refractivity contribution is 5.25. The number of hydrogen-bond acceptors (Lipinski definition) is 1. The highest BCUT2D eigenvalue weighted by atomic mass is 16.3. The maximum absolute atomic E-state index is 11.3. The van der Waals surface area contributed by atoms with Gasteiger partial charge in [-0.1, -0.05) is 65.5 Å². The normalized spacial score (nSPS) is 46.5. The van der Waals surface area contributed by atoms with Gasteiger partial charge in [0.05, 0.1) is 6.10 Å². The minimum atomic E-state index is -0.0814. The molecule has 0 bridgehead atoms. The van der Waals surface area contributed by atoms with E-state index in [4.69, 9.17) is 0 Å². The van der Waals surface area contributed by atoms with E-state index < -0.39 is 0 Å². The molecule has 0 amide bonds. The fourth-order valence-electron chi connectivity index (χ4n) is 8.74. The molecule has 0 aromatic heterocycles. The molecule has 3 saturated carbocycles. The van der Waals surface area contributed by atoms with Crippen molar-refractivity contribution < 1.29 is 5.11 Å². The third-order valence-electron chi connectivity index (χ3n) is 10.3. The zero-order valence-corrected chi connectivity index (χ0v) is 19.3. The Labute approximate surface area is 174 Å². The van der Waals surface area contributed by atoms with Gasteiger partial charge in [-0.2, -0.15) is 0 Å². The number of aliphatic hydroxyl groups is 1. The highest BCUT2D eigenvalue weighted by Crippen LogP contribution is 2.67. The van der Waals surface area contributed by atoms with E-state index in [0.717, 1.165) is 36.0 Å². The second-order valence-electron chi connectivity index (χ2n) is 12.1. The molecule has 0 aromatic carbocycles. The van der Waals surface area contributed by atoms with Crippen LogP contribution in [-0.4, -0.2) is 11.2 Å². The first-order valence-electron chi connectivity index (χ1n) is 12.6. The van der Waals surface area contributed by atoms with Gasteiger partial charge >= 0.3 is 0 Å². The smallest absolute Gasteiger partial charge is 0.0611 e. The van der Waals surface area contributed by atoms with Crippen LogP contribution >= 0.6 is 0 Å². The van der Waals surface area contributed by atoms with Crippen molar-refractivity contribution in [1.82, 2.24) is 0 Å². The summed E-state index contributed by atoms with van der Waals surface area (Å²) in [6.07, 6.45) is 17.1. The van der Waals surface area contributed by atoms with Crippen molar-refractivity contribution in [2.75, 3.05) is 0 Å².